The number of rotatable bonds is 7. The Hall–Kier alpha value is -2.49. The van der Waals surface area contributed by atoms with Crippen molar-refractivity contribution in [3.05, 3.63) is 24.3 Å². The SMILES string of the molecule is CC1C(=O)N(C(CCN2CCC3(CC2)CC3)C(=O)N(C)C)CCN1c1cccc(OC(F)(F)F)c1. The molecule has 1 spiro atoms. The van der Waals surface area contributed by atoms with Crippen LogP contribution < -0.4 is 9.64 Å². The lowest BCUT2D eigenvalue weighted by Crippen LogP contribution is -2.62. The quantitative estimate of drug-likeness (QED) is 0.580. The fraction of sp³-hybridized carbons (Fsp3) is 0.680. The van der Waals surface area contributed by atoms with Gasteiger partial charge >= 0.3 is 6.36 Å². The summed E-state index contributed by atoms with van der Waals surface area (Å²) >= 11 is 0. The van der Waals surface area contributed by atoms with Crippen molar-refractivity contribution in [1.82, 2.24) is 14.7 Å². The molecule has 2 atom stereocenters. The summed E-state index contributed by atoms with van der Waals surface area (Å²) in [7, 11) is 3.40. The molecule has 2 heterocycles. The van der Waals surface area contributed by atoms with Gasteiger partial charge in [-0.15, -0.1) is 13.2 Å². The summed E-state index contributed by atoms with van der Waals surface area (Å²) in [6, 6.07) is 4.48. The van der Waals surface area contributed by atoms with Gasteiger partial charge < -0.3 is 24.3 Å². The van der Waals surface area contributed by atoms with Gasteiger partial charge in [-0.25, -0.2) is 0 Å². The molecule has 4 rings (SSSR count). The number of hydrogen-bond acceptors (Lipinski definition) is 5. The van der Waals surface area contributed by atoms with Crippen molar-refractivity contribution in [3.63, 3.8) is 0 Å². The Bertz CT molecular complexity index is 925. The first-order valence-corrected chi connectivity index (χ1v) is 12.3. The van der Waals surface area contributed by atoms with Gasteiger partial charge in [0.05, 0.1) is 0 Å². The summed E-state index contributed by atoms with van der Waals surface area (Å²) in [6.07, 6.45) is 0.884. The molecule has 2 aliphatic heterocycles. The zero-order valence-electron chi connectivity index (χ0n) is 20.7. The van der Waals surface area contributed by atoms with E-state index in [0.29, 0.717) is 30.6 Å². The predicted molar refractivity (Wildman–Crippen MR) is 126 cm³/mol. The van der Waals surface area contributed by atoms with E-state index in [4.69, 9.17) is 0 Å². The predicted octanol–water partition coefficient (Wildman–Crippen LogP) is 3.35. The molecule has 1 aromatic carbocycles. The molecule has 2 unspecified atom stereocenters. The highest BCUT2D eigenvalue weighted by Gasteiger charge is 2.45. The molecule has 35 heavy (non-hydrogen) atoms. The van der Waals surface area contributed by atoms with E-state index in [0.717, 1.165) is 19.6 Å². The molecule has 1 aromatic rings. The van der Waals surface area contributed by atoms with E-state index in [1.165, 1.54) is 48.8 Å². The number of alkyl halides is 3. The van der Waals surface area contributed by atoms with Gasteiger partial charge in [0, 0.05) is 45.5 Å². The number of ether oxygens (including phenoxy) is 1. The molecule has 7 nitrogen and oxygen atoms in total. The molecule has 1 aliphatic carbocycles. The number of likely N-dealkylation sites (tertiary alicyclic amines) is 1. The smallest absolute Gasteiger partial charge is 0.406 e. The molecular weight excluding hydrogens is 461 g/mol. The maximum absolute atomic E-state index is 13.4. The average Bonchev–Trinajstić information content (AvgIpc) is 3.55. The summed E-state index contributed by atoms with van der Waals surface area (Å²) < 4.78 is 42.0. The van der Waals surface area contributed by atoms with Crippen molar-refractivity contribution >= 4 is 17.5 Å². The maximum atomic E-state index is 13.4. The number of nitrogens with zero attached hydrogens (tertiary/aromatic N) is 4. The molecular formula is C25H35F3N4O3. The van der Waals surface area contributed by atoms with Gasteiger partial charge in [0.1, 0.15) is 17.8 Å². The van der Waals surface area contributed by atoms with Crippen LogP contribution in [-0.4, -0.2) is 91.8 Å². The molecule has 3 aliphatic rings. The molecule has 0 bridgehead atoms. The lowest BCUT2D eigenvalue weighted by atomic mass is 9.93. The molecule has 2 amide bonds. The minimum Gasteiger partial charge on any atom is -0.406 e. The number of piperidine rings is 1. The van der Waals surface area contributed by atoms with Gasteiger partial charge in [-0.2, -0.15) is 0 Å². The van der Waals surface area contributed by atoms with Crippen molar-refractivity contribution < 1.29 is 27.5 Å². The highest BCUT2D eigenvalue weighted by molar-refractivity contribution is 5.92. The van der Waals surface area contributed by atoms with Crippen LogP contribution in [0.2, 0.25) is 0 Å². The number of amides is 2. The number of benzene rings is 1. The third-order valence-electron chi connectivity index (χ3n) is 7.77. The minimum atomic E-state index is -4.79. The second-order valence-corrected chi connectivity index (χ2v) is 10.3. The first kappa shape index (κ1) is 25.6. The average molecular weight is 497 g/mol. The van der Waals surface area contributed by atoms with Gasteiger partial charge in [0.25, 0.3) is 0 Å². The highest BCUT2D eigenvalue weighted by atomic mass is 19.4. The standard InChI is InChI=1S/C25H35F3N4O3/c1-18-22(33)32(16-15-31(18)19-5-4-6-20(17-19)35-25(26,27)28)21(23(34)29(2)3)7-12-30-13-10-24(8-9-24)11-14-30/h4-6,17-18,21H,7-16H2,1-3H3. The van der Waals surface area contributed by atoms with E-state index in [9.17, 15) is 22.8 Å². The normalized spacial score (nSPS) is 23.4. The van der Waals surface area contributed by atoms with Crippen molar-refractivity contribution in [2.24, 2.45) is 5.41 Å². The van der Waals surface area contributed by atoms with Crippen LogP contribution in [0.4, 0.5) is 18.9 Å². The van der Waals surface area contributed by atoms with Crippen molar-refractivity contribution in [2.45, 2.75) is 57.5 Å². The van der Waals surface area contributed by atoms with Crippen LogP contribution in [0.1, 0.15) is 39.0 Å². The second kappa shape index (κ2) is 9.87. The molecule has 0 N–H and O–H groups in total. The zero-order chi connectivity index (χ0) is 25.4. The van der Waals surface area contributed by atoms with Crippen LogP contribution in [0.5, 0.6) is 5.75 Å². The van der Waals surface area contributed by atoms with Gasteiger partial charge in [0.2, 0.25) is 11.8 Å². The number of anilines is 1. The molecule has 0 aromatic heterocycles. The largest absolute Gasteiger partial charge is 0.573 e. The molecule has 194 valence electrons. The molecule has 1 saturated carbocycles. The lowest BCUT2D eigenvalue weighted by Gasteiger charge is -2.44. The summed E-state index contributed by atoms with van der Waals surface area (Å²) in [4.78, 5) is 33.9. The number of likely N-dealkylation sites (N-methyl/N-ethyl adjacent to an activating group) is 1. The lowest BCUT2D eigenvalue weighted by molar-refractivity contribution is -0.274. The van der Waals surface area contributed by atoms with Crippen LogP contribution in [-0.2, 0) is 9.59 Å². The number of carbonyl (C=O) groups is 2. The number of hydrogen-bond donors (Lipinski definition) is 0. The van der Waals surface area contributed by atoms with Crippen molar-refractivity contribution in [2.75, 3.05) is 51.7 Å². The second-order valence-electron chi connectivity index (χ2n) is 10.3. The number of piperazine rings is 1. The topological polar surface area (TPSA) is 56.3 Å². The van der Waals surface area contributed by atoms with Crippen molar-refractivity contribution in [1.29, 1.82) is 0 Å². The van der Waals surface area contributed by atoms with Crippen LogP contribution in [0.3, 0.4) is 0 Å². The molecule has 0 radical (unpaired) electrons. The van der Waals surface area contributed by atoms with Gasteiger partial charge in [0.15, 0.2) is 0 Å². The van der Waals surface area contributed by atoms with Crippen LogP contribution in [0, 0.1) is 5.41 Å². The van der Waals surface area contributed by atoms with Gasteiger partial charge in [-0.3, -0.25) is 9.59 Å². The Morgan fingerprint density at radius 1 is 1.14 bits per heavy atom. The van der Waals surface area contributed by atoms with E-state index in [-0.39, 0.29) is 17.6 Å². The monoisotopic (exact) mass is 496 g/mol. The van der Waals surface area contributed by atoms with Gasteiger partial charge in [-0.1, -0.05) is 6.07 Å². The summed E-state index contributed by atoms with van der Waals surface area (Å²) in [6.45, 7) is 5.29. The number of halogens is 3. The third-order valence-corrected chi connectivity index (χ3v) is 7.77. The number of carbonyl (C=O) groups excluding carboxylic acids is 2. The fourth-order valence-electron chi connectivity index (χ4n) is 5.36. The first-order valence-electron chi connectivity index (χ1n) is 12.3. The summed E-state index contributed by atoms with van der Waals surface area (Å²) in [5, 5.41) is 0. The summed E-state index contributed by atoms with van der Waals surface area (Å²) in [5.74, 6) is -0.628. The maximum Gasteiger partial charge on any atom is 0.573 e. The summed E-state index contributed by atoms with van der Waals surface area (Å²) in [5.41, 5.74) is 1.06. The zero-order valence-corrected chi connectivity index (χ0v) is 20.7. The Kier molecular flexibility index (Phi) is 7.22. The first-order chi connectivity index (χ1) is 16.5. The van der Waals surface area contributed by atoms with E-state index >= 15 is 0 Å². The van der Waals surface area contributed by atoms with Crippen LogP contribution in [0.15, 0.2) is 24.3 Å². The van der Waals surface area contributed by atoms with Crippen LogP contribution in [0.25, 0.3) is 0 Å². The minimum absolute atomic E-state index is 0.102. The fourth-order valence-corrected chi connectivity index (χ4v) is 5.36. The van der Waals surface area contributed by atoms with E-state index < -0.39 is 18.4 Å². The Labute approximate surface area is 204 Å². The van der Waals surface area contributed by atoms with E-state index in [2.05, 4.69) is 9.64 Å². The van der Waals surface area contributed by atoms with Gasteiger partial charge in [-0.05, 0) is 69.7 Å². The van der Waals surface area contributed by atoms with Crippen molar-refractivity contribution in [3.8, 4) is 5.75 Å². The third kappa shape index (κ3) is 6.02. The highest BCUT2D eigenvalue weighted by Crippen LogP contribution is 2.53. The van der Waals surface area contributed by atoms with E-state index in [1.807, 2.05) is 0 Å². The Morgan fingerprint density at radius 3 is 2.43 bits per heavy atom. The molecule has 10 heteroatoms. The Morgan fingerprint density at radius 2 is 1.83 bits per heavy atom. The van der Waals surface area contributed by atoms with Crippen LogP contribution >= 0.6 is 0 Å². The molecule has 2 saturated heterocycles. The molecule has 3 fully saturated rings. The van der Waals surface area contributed by atoms with E-state index in [1.54, 1.807) is 36.9 Å². The Balaban J connectivity index is 1.43.